The van der Waals surface area contributed by atoms with Gasteiger partial charge >= 0.3 is 0 Å². The van der Waals surface area contributed by atoms with Crippen molar-refractivity contribution in [1.29, 1.82) is 0 Å². The number of hydrogen-bond donors (Lipinski definition) is 2. The Morgan fingerprint density at radius 2 is 2.10 bits per heavy atom. The van der Waals surface area contributed by atoms with Crippen LogP contribution < -0.4 is 15.4 Å². The molecule has 2 N–H and O–H groups in total. The van der Waals surface area contributed by atoms with E-state index in [4.69, 9.17) is 16.3 Å². The number of carbonyl (C=O) groups excluding carboxylic acids is 1. The average Bonchev–Trinajstić information content (AvgIpc) is 2.45. The van der Waals surface area contributed by atoms with Gasteiger partial charge in [0.25, 0.3) is 0 Å². The second kappa shape index (κ2) is 9.61. The molecule has 5 heteroatoms. The fourth-order valence-corrected chi connectivity index (χ4v) is 2.08. The normalized spacial score (nSPS) is 10.3. The van der Waals surface area contributed by atoms with Crippen LogP contribution in [-0.4, -0.2) is 32.7 Å². The first-order valence-corrected chi connectivity index (χ1v) is 7.35. The van der Waals surface area contributed by atoms with Crippen molar-refractivity contribution in [3.05, 3.63) is 28.8 Å². The minimum absolute atomic E-state index is 0.0650. The summed E-state index contributed by atoms with van der Waals surface area (Å²) in [4.78, 5) is 11.7. The summed E-state index contributed by atoms with van der Waals surface area (Å²) in [6, 6.07) is 5.60. The number of halogens is 1. The minimum Gasteiger partial charge on any atom is -0.495 e. The van der Waals surface area contributed by atoms with Gasteiger partial charge in [0.15, 0.2) is 0 Å². The Bertz CT molecular complexity index is 424. The maximum Gasteiger partial charge on any atom is 0.220 e. The standard InChI is InChI=1S/C15H23ClN2O2/c1-3-8-17-9-10-18-15(19)7-5-12-4-6-14(20-2)13(16)11-12/h4,6,11,17H,3,5,7-10H2,1-2H3,(H,18,19). The molecule has 0 aliphatic rings. The molecule has 1 amide bonds. The smallest absolute Gasteiger partial charge is 0.220 e. The molecule has 1 aromatic carbocycles. The Balaban J connectivity index is 2.25. The van der Waals surface area contributed by atoms with E-state index in [9.17, 15) is 4.79 Å². The first-order valence-electron chi connectivity index (χ1n) is 6.97. The van der Waals surface area contributed by atoms with Gasteiger partial charge in [0.05, 0.1) is 12.1 Å². The third kappa shape index (κ3) is 6.26. The molecule has 0 saturated carbocycles. The van der Waals surface area contributed by atoms with Crippen molar-refractivity contribution < 1.29 is 9.53 Å². The first-order chi connectivity index (χ1) is 9.67. The zero-order chi connectivity index (χ0) is 14.8. The zero-order valence-electron chi connectivity index (χ0n) is 12.2. The number of methoxy groups -OCH3 is 1. The molecule has 0 bridgehead atoms. The van der Waals surface area contributed by atoms with Gasteiger partial charge in [-0.25, -0.2) is 0 Å². The number of amides is 1. The first kappa shape index (κ1) is 16.8. The summed E-state index contributed by atoms with van der Waals surface area (Å²) in [5, 5.41) is 6.71. The van der Waals surface area contributed by atoms with Crippen molar-refractivity contribution in [2.75, 3.05) is 26.7 Å². The lowest BCUT2D eigenvalue weighted by Gasteiger charge is -2.07. The van der Waals surface area contributed by atoms with E-state index in [1.807, 2.05) is 18.2 Å². The van der Waals surface area contributed by atoms with Crippen LogP contribution in [0.3, 0.4) is 0 Å². The Morgan fingerprint density at radius 1 is 1.30 bits per heavy atom. The van der Waals surface area contributed by atoms with Crippen LogP contribution in [0.15, 0.2) is 18.2 Å². The number of rotatable bonds is 9. The summed E-state index contributed by atoms with van der Waals surface area (Å²) < 4.78 is 5.09. The van der Waals surface area contributed by atoms with Crippen LogP contribution >= 0.6 is 11.6 Å². The average molecular weight is 299 g/mol. The Kier molecular flexibility index (Phi) is 8.07. The van der Waals surface area contributed by atoms with Gasteiger partial charge in [0.1, 0.15) is 5.75 Å². The van der Waals surface area contributed by atoms with E-state index in [-0.39, 0.29) is 5.91 Å². The number of aryl methyl sites for hydroxylation is 1. The highest BCUT2D eigenvalue weighted by molar-refractivity contribution is 6.32. The predicted octanol–water partition coefficient (Wildman–Crippen LogP) is 2.40. The van der Waals surface area contributed by atoms with E-state index < -0.39 is 0 Å². The molecule has 0 fully saturated rings. The molecule has 0 spiro atoms. The van der Waals surface area contributed by atoms with Gasteiger partial charge in [0, 0.05) is 19.5 Å². The molecular weight excluding hydrogens is 276 g/mol. The maximum atomic E-state index is 11.7. The van der Waals surface area contributed by atoms with E-state index >= 15 is 0 Å². The van der Waals surface area contributed by atoms with Crippen molar-refractivity contribution >= 4 is 17.5 Å². The molecule has 0 unspecified atom stereocenters. The summed E-state index contributed by atoms with van der Waals surface area (Å²) in [6.07, 6.45) is 2.25. The van der Waals surface area contributed by atoms with Gasteiger partial charge in [-0.3, -0.25) is 4.79 Å². The van der Waals surface area contributed by atoms with E-state index in [0.29, 0.717) is 30.2 Å². The predicted molar refractivity (Wildman–Crippen MR) is 82.5 cm³/mol. The highest BCUT2D eigenvalue weighted by Gasteiger charge is 2.05. The molecule has 20 heavy (non-hydrogen) atoms. The Morgan fingerprint density at radius 3 is 2.75 bits per heavy atom. The summed E-state index contributed by atoms with van der Waals surface area (Å²) in [6.45, 7) is 4.59. The Labute approximate surface area is 125 Å². The molecule has 0 aliphatic heterocycles. The molecule has 0 radical (unpaired) electrons. The fourth-order valence-electron chi connectivity index (χ4n) is 1.80. The summed E-state index contributed by atoms with van der Waals surface area (Å²) in [7, 11) is 1.58. The lowest BCUT2D eigenvalue weighted by atomic mass is 10.1. The number of hydrogen-bond acceptors (Lipinski definition) is 3. The van der Waals surface area contributed by atoms with Crippen LogP contribution in [0.4, 0.5) is 0 Å². The maximum absolute atomic E-state index is 11.7. The highest BCUT2D eigenvalue weighted by atomic mass is 35.5. The lowest BCUT2D eigenvalue weighted by molar-refractivity contribution is -0.121. The van der Waals surface area contributed by atoms with Crippen LogP contribution in [-0.2, 0) is 11.2 Å². The number of benzene rings is 1. The second-order valence-corrected chi connectivity index (χ2v) is 4.98. The van der Waals surface area contributed by atoms with E-state index in [1.165, 1.54) is 0 Å². The van der Waals surface area contributed by atoms with Crippen LogP contribution in [0.5, 0.6) is 5.75 Å². The van der Waals surface area contributed by atoms with Gasteiger partial charge in [-0.2, -0.15) is 0 Å². The van der Waals surface area contributed by atoms with E-state index in [2.05, 4.69) is 17.6 Å². The second-order valence-electron chi connectivity index (χ2n) is 4.57. The lowest BCUT2D eigenvalue weighted by Crippen LogP contribution is -2.32. The van der Waals surface area contributed by atoms with Crippen molar-refractivity contribution in [3.8, 4) is 5.75 Å². The number of ether oxygens (including phenoxy) is 1. The largest absolute Gasteiger partial charge is 0.495 e. The van der Waals surface area contributed by atoms with Gasteiger partial charge in [0.2, 0.25) is 5.91 Å². The molecule has 0 aliphatic carbocycles. The van der Waals surface area contributed by atoms with Crippen LogP contribution in [0.2, 0.25) is 5.02 Å². The quantitative estimate of drug-likeness (QED) is 0.688. The number of nitrogens with one attached hydrogen (secondary N) is 2. The van der Waals surface area contributed by atoms with Gasteiger partial charge in [-0.15, -0.1) is 0 Å². The topological polar surface area (TPSA) is 50.4 Å². The fraction of sp³-hybridized carbons (Fsp3) is 0.533. The van der Waals surface area contributed by atoms with E-state index in [1.54, 1.807) is 7.11 Å². The van der Waals surface area contributed by atoms with Crippen LogP contribution in [0, 0.1) is 0 Å². The third-order valence-corrected chi connectivity index (χ3v) is 3.20. The van der Waals surface area contributed by atoms with Crippen LogP contribution in [0.1, 0.15) is 25.3 Å². The minimum atomic E-state index is 0.0650. The molecule has 1 rings (SSSR count). The monoisotopic (exact) mass is 298 g/mol. The zero-order valence-corrected chi connectivity index (χ0v) is 12.9. The third-order valence-electron chi connectivity index (χ3n) is 2.91. The van der Waals surface area contributed by atoms with Crippen molar-refractivity contribution in [2.45, 2.75) is 26.2 Å². The molecule has 0 saturated heterocycles. The van der Waals surface area contributed by atoms with Gasteiger partial charge < -0.3 is 15.4 Å². The summed E-state index contributed by atoms with van der Waals surface area (Å²) >= 11 is 6.04. The van der Waals surface area contributed by atoms with Crippen LogP contribution in [0.25, 0.3) is 0 Å². The molecular formula is C15H23ClN2O2. The summed E-state index contributed by atoms with van der Waals surface area (Å²) in [5.41, 5.74) is 1.04. The summed E-state index contributed by atoms with van der Waals surface area (Å²) in [5.74, 6) is 0.720. The molecule has 0 heterocycles. The van der Waals surface area contributed by atoms with E-state index in [0.717, 1.165) is 25.1 Å². The molecule has 112 valence electrons. The SMILES string of the molecule is CCCNCCNC(=O)CCc1ccc(OC)c(Cl)c1. The molecule has 1 aromatic rings. The highest BCUT2D eigenvalue weighted by Crippen LogP contribution is 2.25. The molecule has 0 atom stereocenters. The Hall–Kier alpha value is -1.26. The molecule has 4 nitrogen and oxygen atoms in total. The van der Waals surface area contributed by atoms with Crippen molar-refractivity contribution in [2.24, 2.45) is 0 Å². The molecule has 0 aromatic heterocycles. The van der Waals surface area contributed by atoms with Crippen molar-refractivity contribution in [3.63, 3.8) is 0 Å². The number of carbonyl (C=O) groups is 1. The van der Waals surface area contributed by atoms with Crippen molar-refractivity contribution in [1.82, 2.24) is 10.6 Å². The van der Waals surface area contributed by atoms with Gasteiger partial charge in [-0.05, 0) is 37.1 Å². The van der Waals surface area contributed by atoms with Gasteiger partial charge in [-0.1, -0.05) is 24.6 Å².